The van der Waals surface area contributed by atoms with E-state index in [0.717, 1.165) is 0 Å². The normalized spacial score (nSPS) is 6.60. The molecule has 0 amide bonds. The summed E-state index contributed by atoms with van der Waals surface area (Å²) in [5.41, 5.74) is 1.74. The molecule has 0 radical (unpaired) electrons. The molecule has 0 aliphatic carbocycles. The van der Waals surface area contributed by atoms with Gasteiger partial charge in [0.1, 0.15) is 6.73 Å². The van der Waals surface area contributed by atoms with E-state index in [4.69, 9.17) is 10.0 Å². The van der Waals surface area contributed by atoms with Gasteiger partial charge < -0.3 is 5.11 Å². The van der Waals surface area contributed by atoms with E-state index < -0.39 is 0 Å². The topological polar surface area (TPSA) is 61.7 Å². The Labute approximate surface area is 28.7 Å². The van der Waals surface area contributed by atoms with E-state index in [2.05, 4.69) is 5.29 Å². The first-order chi connectivity index (χ1) is 2.41. The van der Waals surface area contributed by atoms with Gasteiger partial charge in [-0.25, -0.2) is 5.43 Å². The number of aliphatic hydroxyl groups excluding tert-OH is 1. The Bertz CT molecular complexity index is 28.8. The third-order valence-corrected chi connectivity index (χ3v) is 0.135. The molecule has 0 spiro atoms. The molecule has 5 heavy (non-hydrogen) atoms. The molecule has 0 fully saturated rings. The minimum atomic E-state index is -0.385. The highest BCUT2D eigenvalue weighted by Gasteiger charge is 1.60. The van der Waals surface area contributed by atoms with Gasteiger partial charge in [0.15, 0.2) is 0 Å². The zero-order chi connectivity index (χ0) is 4.12. The minimum Gasteiger partial charge on any atom is -0.375 e. The molecule has 30 valence electrons. The van der Waals surface area contributed by atoms with Crippen LogP contribution >= 0.6 is 0 Å². The van der Waals surface area contributed by atoms with E-state index in [1.807, 2.05) is 0 Å². The summed E-state index contributed by atoms with van der Waals surface area (Å²) in [5, 5.41) is 9.77. The van der Waals surface area contributed by atoms with Crippen LogP contribution in [0.3, 0.4) is 0 Å². The average Bonchev–Trinajstić information content (AvgIpc) is 1.41. The van der Waals surface area contributed by atoms with E-state index in [9.17, 15) is 0 Å². The van der Waals surface area contributed by atoms with Crippen molar-refractivity contribution >= 4 is 0 Å². The van der Waals surface area contributed by atoms with Gasteiger partial charge in [0.2, 0.25) is 0 Å². The molecule has 0 aliphatic rings. The number of aliphatic hydroxyl groups is 1. The van der Waals surface area contributed by atoms with Crippen LogP contribution in [-0.2, 0) is 0 Å². The highest BCUT2D eigenvalue weighted by Crippen LogP contribution is 1.42. The monoisotopic (exact) mass is 76.0 g/mol. The number of hydrogen-bond acceptors (Lipinski definition) is 3. The maximum Gasteiger partial charge on any atom is 0.132 e. The first-order valence-corrected chi connectivity index (χ1v) is 1.08. The van der Waals surface area contributed by atoms with Crippen molar-refractivity contribution in [3.05, 3.63) is 4.91 Å². The van der Waals surface area contributed by atoms with Crippen LogP contribution in [0.1, 0.15) is 0 Å². The molecule has 0 saturated carbocycles. The third-order valence-electron chi connectivity index (χ3n) is 0.135. The molecule has 0 aromatic rings. The highest BCUT2D eigenvalue weighted by atomic mass is 16.3. The number of hydrogen-bond donors (Lipinski definition) is 2. The lowest BCUT2D eigenvalue weighted by Crippen LogP contribution is -2.02. The Kier molecular flexibility index (Phi) is 2.93. The molecular weight excluding hydrogens is 72.0 g/mol. The molecule has 0 aliphatic heterocycles. The van der Waals surface area contributed by atoms with Gasteiger partial charge in [-0.15, -0.1) is 4.91 Å². The zero-order valence-electron chi connectivity index (χ0n) is 2.51. The van der Waals surface area contributed by atoms with E-state index >= 15 is 0 Å². The Balaban J connectivity index is 2.40. The molecular formula is CH4N2O2. The van der Waals surface area contributed by atoms with E-state index in [1.54, 1.807) is 5.43 Å². The van der Waals surface area contributed by atoms with Crippen LogP contribution in [0.2, 0.25) is 0 Å². The average molecular weight is 76.1 g/mol. The molecule has 4 heteroatoms. The van der Waals surface area contributed by atoms with Gasteiger partial charge in [0.05, 0.1) is 5.29 Å². The van der Waals surface area contributed by atoms with Crippen molar-refractivity contribution in [3.8, 4) is 0 Å². The highest BCUT2D eigenvalue weighted by molar-refractivity contribution is 4.11. The van der Waals surface area contributed by atoms with Gasteiger partial charge in [-0.2, -0.15) is 0 Å². The predicted molar refractivity (Wildman–Crippen MR) is 16.0 cm³/mol. The smallest absolute Gasteiger partial charge is 0.132 e. The molecule has 2 N–H and O–H groups in total. The van der Waals surface area contributed by atoms with Crippen LogP contribution in [-0.4, -0.2) is 11.8 Å². The van der Waals surface area contributed by atoms with Crippen molar-refractivity contribution in [2.75, 3.05) is 6.73 Å². The van der Waals surface area contributed by atoms with Crippen LogP contribution in [0.25, 0.3) is 0 Å². The Hall–Kier alpha value is -0.640. The fourth-order valence-corrected chi connectivity index (χ4v) is 0.0289. The summed E-state index contributed by atoms with van der Waals surface area (Å²) in [7, 11) is 0. The molecule has 0 heterocycles. The fourth-order valence-electron chi connectivity index (χ4n) is 0.0289. The van der Waals surface area contributed by atoms with E-state index in [1.165, 1.54) is 0 Å². The zero-order valence-corrected chi connectivity index (χ0v) is 2.51. The Morgan fingerprint density at radius 1 is 2.00 bits per heavy atom. The van der Waals surface area contributed by atoms with Crippen LogP contribution in [0.15, 0.2) is 5.29 Å². The lowest BCUT2D eigenvalue weighted by atomic mass is 11.4. The molecule has 0 unspecified atom stereocenters. The van der Waals surface area contributed by atoms with Gasteiger partial charge in [-0.05, 0) is 0 Å². The van der Waals surface area contributed by atoms with Crippen molar-refractivity contribution in [2.24, 2.45) is 5.29 Å². The predicted octanol–water partition coefficient (Wildman–Crippen LogP) is -0.793. The fraction of sp³-hybridized carbons (Fsp3) is 1.00. The molecule has 0 rings (SSSR count). The van der Waals surface area contributed by atoms with Crippen LogP contribution in [0.4, 0.5) is 0 Å². The third kappa shape index (κ3) is 3.36. The summed E-state index contributed by atoms with van der Waals surface area (Å²) in [6, 6.07) is 0. The SMILES string of the molecule is O=NNCO. The van der Waals surface area contributed by atoms with Crippen molar-refractivity contribution < 1.29 is 5.11 Å². The van der Waals surface area contributed by atoms with Gasteiger partial charge in [-0.1, -0.05) is 0 Å². The second-order valence-corrected chi connectivity index (χ2v) is 0.408. The van der Waals surface area contributed by atoms with Crippen molar-refractivity contribution in [3.63, 3.8) is 0 Å². The second kappa shape index (κ2) is 3.36. The van der Waals surface area contributed by atoms with Crippen molar-refractivity contribution in [1.82, 2.24) is 5.43 Å². The van der Waals surface area contributed by atoms with Crippen molar-refractivity contribution in [1.29, 1.82) is 0 Å². The van der Waals surface area contributed by atoms with Gasteiger partial charge in [-0.3, -0.25) is 0 Å². The number of nitrogens with one attached hydrogen (secondary N) is 1. The molecule has 0 aromatic carbocycles. The minimum absolute atomic E-state index is 0.385. The molecule has 0 aromatic heterocycles. The van der Waals surface area contributed by atoms with Crippen molar-refractivity contribution in [2.45, 2.75) is 0 Å². The lowest BCUT2D eigenvalue weighted by molar-refractivity contribution is 0.263. The quantitative estimate of drug-likeness (QED) is 0.257. The molecule has 0 bridgehead atoms. The maximum atomic E-state index is 8.88. The van der Waals surface area contributed by atoms with E-state index in [0.29, 0.717) is 0 Å². The number of nitrogens with zero attached hydrogens (tertiary/aromatic N) is 1. The van der Waals surface area contributed by atoms with Crippen LogP contribution < -0.4 is 5.43 Å². The summed E-state index contributed by atoms with van der Waals surface area (Å²) < 4.78 is 0. The molecule has 4 nitrogen and oxygen atoms in total. The first kappa shape index (κ1) is 4.36. The Morgan fingerprint density at radius 2 is 2.60 bits per heavy atom. The Morgan fingerprint density at radius 3 is 2.60 bits per heavy atom. The maximum absolute atomic E-state index is 8.88. The summed E-state index contributed by atoms with van der Waals surface area (Å²) in [6.45, 7) is -0.385. The standard InChI is InChI=1S/CH4N2O2/c4-1-2-3-5/h4H,1H2,(H,2,5). The molecule has 0 atom stereocenters. The largest absolute Gasteiger partial charge is 0.375 e. The van der Waals surface area contributed by atoms with Gasteiger partial charge in [0, 0.05) is 0 Å². The lowest BCUT2D eigenvalue weighted by Gasteiger charge is -1.76. The first-order valence-electron chi connectivity index (χ1n) is 1.08. The summed E-state index contributed by atoms with van der Waals surface area (Å²) >= 11 is 0. The number of nitroso groups, excluding NO2 is 1. The molecule has 0 saturated heterocycles. The van der Waals surface area contributed by atoms with Crippen LogP contribution in [0.5, 0.6) is 0 Å². The second-order valence-electron chi connectivity index (χ2n) is 0.408. The summed E-state index contributed by atoms with van der Waals surface area (Å²) in [5.74, 6) is 0. The van der Waals surface area contributed by atoms with E-state index in [-0.39, 0.29) is 6.73 Å². The summed E-state index contributed by atoms with van der Waals surface area (Å²) in [6.07, 6.45) is 0. The number of rotatable bonds is 2. The van der Waals surface area contributed by atoms with Gasteiger partial charge in [0.25, 0.3) is 0 Å². The summed E-state index contributed by atoms with van der Waals surface area (Å²) in [4.78, 5) is 8.88. The van der Waals surface area contributed by atoms with Crippen LogP contribution in [0, 0.1) is 4.91 Å². The van der Waals surface area contributed by atoms with Gasteiger partial charge >= 0.3 is 0 Å².